The van der Waals surface area contributed by atoms with Crippen LogP contribution >= 0.6 is 0 Å². The summed E-state index contributed by atoms with van der Waals surface area (Å²) in [6.45, 7) is 5.04. The first kappa shape index (κ1) is 21.7. The van der Waals surface area contributed by atoms with Crippen LogP contribution in [0.25, 0.3) is 5.57 Å². The Hall–Kier alpha value is -2.52. The summed E-state index contributed by atoms with van der Waals surface area (Å²) in [5.41, 5.74) is 4.22. The highest BCUT2D eigenvalue weighted by atomic mass is 16.1. The van der Waals surface area contributed by atoms with Crippen molar-refractivity contribution in [2.45, 2.75) is 45.4 Å². The molecule has 0 aromatic heterocycles. The maximum absolute atomic E-state index is 12.7. The first-order chi connectivity index (χ1) is 15.2. The lowest BCUT2D eigenvalue weighted by molar-refractivity contribution is -0.113. The summed E-state index contributed by atoms with van der Waals surface area (Å²) in [5, 5.41) is 0. The summed E-state index contributed by atoms with van der Waals surface area (Å²) < 4.78 is 0. The van der Waals surface area contributed by atoms with Crippen LogP contribution < -0.4 is 0 Å². The van der Waals surface area contributed by atoms with Gasteiger partial charge in [0.1, 0.15) is 0 Å². The molecule has 0 saturated carbocycles. The van der Waals surface area contributed by atoms with E-state index in [0.29, 0.717) is 18.1 Å². The highest BCUT2D eigenvalue weighted by Crippen LogP contribution is 2.32. The Morgan fingerprint density at radius 2 is 1.68 bits per heavy atom. The summed E-state index contributed by atoms with van der Waals surface area (Å²) in [6, 6.07) is 18.1. The molecule has 2 aliphatic rings. The Kier molecular flexibility index (Phi) is 7.14. The van der Waals surface area contributed by atoms with Gasteiger partial charge in [0.05, 0.1) is 0 Å². The number of allylic oxidation sites excluding steroid dienone is 2. The second kappa shape index (κ2) is 10.2. The van der Waals surface area contributed by atoms with Crippen LogP contribution in [-0.4, -0.2) is 36.1 Å². The van der Waals surface area contributed by atoms with Crippen molar-refractivity contribution in [3.63, 3.8) is 0 Å². The van der Waals surface area contributed by atoms with Gasteiger partial charge in [-0.3, -0.25) is 9.59 Å². The van der Waals surface area contributed by atoms with Crippen molar-refractivity contribution < 1.29 is 9.59 Å². The van der Waals surface area contributed by atoms with Gasteiger partial charge in [0, 0.05) is 23.5 Å². The molecule has 1 aliphatic heterocycles. The molecule has 2 aromatic rings. The molecule has 2 aromatic carbocycles. The van der Waals surface area contributed by atoms with Crippen LogP contribution in [0, 0.1) is 11.8 Å². The summed E-state index contributed by atoms with van der Waals surface area (Å²) >= 11 is 0. The molecule has 1 atom stereocenters. The van der Waals surface area contributed by atoms with Crippen LogP contribution in [0.15, 0.2) is 60.7 Å². The molecular weight excluding hydrogens is 382 g/mol. The highest BCUT2D eigenvalue weighted by Gasteiger charge is 2.26. The maximum Gasteiger partial charge on any atom is 0.166 e. The molecule has 0 N–H and O–H groups in total. The number of Topliss-reactive ketones (excluding diaryl/α,β-unsaturated/α-hetero) is 2. The zero-order valence-corrected chi connectivity index (χ0v) is 18.6. The predicted molar refractivity (Wildman–Crippen MR) is 126 cm³/mol. The normalized spacial score (nSPS) is 19.5. The number of nitrogens with zero attached hydrogens (tertiary/aromatic N) is 1. The second-order valence-electron chi connectivity index (χ2n) is 8.97. The number of likely N-dealkylation sites (tertiary alicyclic amines) is 1. The third kappa shape index (κ3) is 5.22. The molecule has 1 fully saturated rings. The van der Waals surface area contributed by atoms with E-state index < -0.39 is 0 Å². The topological polar surface area (TPSA) is 37.4 Å². The van der Waals surface area contributed by atoms with Gasteiger partial charge in [-0.1, -0.05) is 67.6 Å². The molecule has 1 heterocycles. The van der Waals surface area contributed by atoms with Gasteiger partial charge in [-0.15, -0.1) is 0 Å². The number of hydrogen-bond donors (Lipinski definition) is 0. The van der Waals surface area contributed by atoms with Crippen LogP contribution in [0.3, 0.4) is 0 Å². The van der Waals surface area contributed by atoms with E-state index in [-0.39, 0.29) is 11.7 Å². The average Bonchev–Trinajstić information content (AvgIpc) is 2.83. The second-order valence-corrected chi connectivity index (χ2v) is 8.97. The fourth-order valence-corrected chi connectivity index (χ4v) is 5.08. The van der Waals surface area contributed by atoms with E-state index in [2.05, 4.69) is 29.2 Å². The monoisotopic (exact) mass is 415 g/mol. The van der Waals surface area contributed by atoms with Crippen LogP contribution in [-0.2, 0) is 11.2 Å². The number of benzene rings is 2. The van der Waals surface area contributed by atoms with Gasteiger partial charge in [0.15, 0.2) is 11.6 Å². The molecule has 162 valence electrons. The highest BCUT2D eigenvalue weighted by molar-refractivity contribution is 6.21. The third-order valence-corrected chi connectivity index (χ3v) is 6.88. The quantitative estimate of drug-likeness (QED) is 0.527. The number of hydrogen-bond acceptors (Lipinski definition) is 3. The van der Waals surface area contributed by atoms with Crippen molar-refractivity contribution in [1.29, 1.82) is 0 Å². The Balaban J connectivity index is 1.27. The van der Waals surface area contributed by atoms with Crippen LogP contribution in [0.1, 0.15) is 60.5 Å². The number of fused-ring (bicyclic) bond motifs is 1. The molecule has 0 radical (unpaired) electrons. The van der Waals surface area contributed by atoms with Crippen LogP contribution in [0.4, 0.5) is 0 Å². The Morgan fingerprint density at radius 1 is 0.968 bits per heavy atom. The summed E-state index contributed by atoms with van der Waals surface area (Å²) in [4.78, 5) is 27.7. The van der Waals surface area contributed by atoms with Gasteiger partial charge in [-0.2, -0.15) is 0 Å². The van der Waals surface area contributed by atoms with Gasteiger partial charge in [0.25, 0.3) is 0 Å². The number of carbonyl (C=O) groups excluding carboxylic acids is 2. The van der Waals surface area contributed by atoms with Gasteiger partial charge < -0.3 is 4.90 Å². The van der Waals surface area contributed by atoms with E-state index in [4.69, 9.17) is 0 Å². The van der Waals surface area contributed by atoms with Gasteiger partial charge in [-0.25, -0.2) is 0 Å². The van der Waals surface area contributed by atoms with E-state index >= 15 is 0 Å². The van der Waals surface area contributed by atoms with E-state index in [1.165, 1.54) is 5.56 Å². The van der Waals surface area contributed by atoms with Crippen molar-refractivity contribution in [2.24, 2.45) is 11.8 Å². The van der Waals surface area contributed by atoms with Crippen molar-refractivity contribution in [2.75, 3.05) is 19.6 Å². The summed E-state index contributed by atoms with van der Waals surface area (Å²) in [5.74, 6) is 1.17. The molecule has 1 aliphatic carbocycles. The number of ketones is 2. The molecule has 31 heavy (non-hydrogen) atoms. The van der Waals surface area contributed by atoms with E-state index in [1.54, 1.807) is 0 Å². The fraction of sp³-hybridized carbons (Fsp3) is 0.429. The smallest absolute Gasteiger partial charge is 0.166 e. The van der Waals surface area contributed by atoms with Crippen molar-refractivity contribution >= 4 is 17.1 Å². The first-order valence-electron chi connectivity index (χ1n) is 11.8. The van der Waals surface area contributed by atoms with E-state index in [9.17, 15) is 9.59 Å². The average molecular weight is 416 g/mol. The van der Waals surface area contributed by atoms with Crippen LogP contribution in [0.5, 0.6) is 0 Å². The predicted octanol–water partition coefficient (Wildman–Crippen LogP) is 5.60. The standard InChI is InChI=1S/C28H33NO2/c1-2-27(30)26-20-21(19-24-12-6-7-13-25(24)26)9-8-16-29-17-14-23(15-18-29)28(31)22-10-4-3-5-11-22/h3-7,10-13,20-21,23H,2,8-9,14-19H2,1H3. The molecule has 3 nitrogen and oxygen atoms in total. The molecule has 1 saturated heterocycles. The fourth-order valence-electron chi connectivity index (χ4n) is 5.08. The molecule has 4 rings (SSSR count). The molecule has 3 heteroatoms. The number of piperidine rings is 1. The molecule has 0 spiro atoms. The van der Waals surface area contributed by atoms with Crippen molar-refractivity contribution in [1.82, 2.24) is 4.90 Å². The van der Waals surface area contributed by atoms with Crippen molar-refractivity contribution in [3.8, 4) is 0 Å². The maximum atomic E-state index is 12.7. The Labute approximate surface area is 186 Å². The van der Waals surface area contributed by atoms with Crippen LogP contribution in [0.2, 0.25) is 0 Å². The Bertz CT molecular complexity index is 938. The zero-order valence-electron chi connectivity index (χ0n) is 18.6. The van der Waals surface area contributed by atoms with E-state index in [1.807, 2.05) is 43.3 Å². The molecule has 0 bridgehead atoms. The minimum Gasteiger partial charge on any atom is -0.303 e. The van der Waals surface area contributed by atoms with Gasteiger partial charge in [-0.05, 0) is 68.8 Å². The first-order valence-corrected chi connectivity index (χ1v) is 11.8. The van der Waals surface area contributed by atoms with Gasteiger partial charge in [0.2, 0.25) is 0 Å². The third-order valence-electron chi connectivity index (χ3n) is 6.88. The molecular formula is C28H33NO2. The Morgan fingerprint density at radius 3 is 2.42 bits per heavy atom. The zero-order chi connectivity index (χ0) is 21.6. The van der Waals surface area contributed by atoms with Crippen molar-refractivity contribution in [3.05, 3.63) is 77.4 Å². The lowest BCUT2D eigenvalue weighted by Crippen LogP contribution is -2.37. The summed E-state index contributed by atoms with van der Waals surface area (Å²) in [6.07, 6.45) is 7.98. The van der Waals surface area contributed by atoms with Gasteiger partial charge >= 0.3 is 0 Å². The lowest BCUT2D eigenvalue weighted by atomic mass is 9.81. The number of rotatable bonds is 8. The molecule has 1 unspecified atom stereocenters. The lowest BCUT2D eigenvalue weighted by Gasteiger charge is -2.32. The number of carbonyl (C=O) groups is 2. The minimum atomic E-state index is 0.166. The SMILES string of the molecule is CCC(=O)C1=CC(CCCN2CCC(C(=O)c3ccccc3)CC2)Cc2ccccc21. The van der Waals surface area contributed by atoms with E-state index in [0.717, 1.165) is 68.4 Å². The largest absolute Gasteiger partial charge is 0.303 e. The summed E-state index contributed by atoms with van der Waals surface area (Å²) in [7, 11) is 0. The molecule has 0 amide bonds. The minimum absolute atomic E-state index is 0.166.